The van der Waals surface area contributed by atoms with Crippen LogP contribution in [0.4, 0.5) is 4.79 Å². The van der Waals surface area contributed by atoms with E-state index in [-0.39, 0.29) is 23.9 Å². The Hall–Kier alpha value is -2.36. The summed E-state index contributed by atoms with van der Waals surface area (Å²) in [6, 6.07) is 14.6. The van der Waals surface area contributed by atoms with Crippen LogP contribution in [0.3, 0.4) is 0 Å². The summed E-state index contributed by atoms with van der Waals surface area (Å²) in [5.74, 6) is -0.125. The Morgan fingerprint density at radius 1 is 1.10 bits per heavy atom. The number of carbonyl (C=O) groups excluding carboxylic acids is 1. The zero-order valence-corrected chi connectivity index (χ0v) is 19.0. The van der Waals surface area contributed by atoms with Crippen molar-refractivity contribution in [2.45, 2.75) is 37.2 Å². The van der Waals surface area contributed by atoms with Crippen LogP contribution < -0.4 is 15.8 Å². The molecule has 0 heterocycles. The van der Waals surface area contributed by atoms with Crippen molar-refractivity contribution in [3.63, 3.8) is 0 Å². The number of ether oxygens (including phenoxy) is 1. The molecule has 3 N–H and O–H groups in total. The normalized spacial score (nSPS) is 13.7. The number of methoxy groups -OCH3 is 1. The predicted octanol–water partition coefficient (Wildman–Crippen LogP) is 2.16. The molecule has 31 heavy (non-hydrogen) atoms. The van der Waals surface area contributed by atoms with Gasteiger partial charge in [0.15, 0.2) is 5.81 Å². The van der Waals surface area contributed by atoms with Gasteiger partial charge in [-0.1, -0.05) is 44.2 Å². The van der Waals surface area contributed by atoms with E-state index in [0.717, 1.165) is 5.56 Å². The van der Waals surface area contributed by atoms with Crippen molar-refractivity contribution in [1.29, 1.82) is 0 Å². The molecule has 0 unspecified atom stereocenters. The van der Waals surface area contributed by atoms with Gasteiger partial charge < -0.3 is 15.8 Å². The van der Waals surface area contributed by atoms with Gasteiger partial charge in [-0.15, -0.1) is 0 Å². The van der Waals surface area contributed by atoms with Crippen LogP contribution in [0.15, 0.2) is 59.5 Å². The molecular weight excluding hydrogens is 413 g/mol. The Morgan fingerprint density at radius 3 is 2.23 bits per heavy atom. The zero-order chi connectivity index (χ0) is 23.0. The number of nitrogens with zero attached hydrogens (tertiary/aromatic N) is 1. The van der Waals surface area contributed by atoms with Crippen molar-refractivity contribution < 1.29 is 17.9 Å². The van der Waals surface area contributed by atoms with Gasteiger partial charge in [0.2, 0.25) is 17.9 Å². The smallest absolute Gasteiger partial charge is 0.243 e. The van der Waals surface area contributed by atoms with Crippen molar-refractivity contribution in [2.75, 3.05) is 20.2 Å². The van der Waals surface area contributed by atoms with Crippen molar-refractivity contribution in [2.24, 2.45) is 11.7 Å². The molecule has 0 aliphatic rings. The topological polar surface area (TPSA) is 102 Å². The Balaban J connectivity index is 2.31. The van der Waals surface area contributed by atoms with Crippen LogP contribution in [-0.4, -0.2) is 58.7 Å². The summed E-state index contributed by atoms with van der Waals surface area (Å²) < 4.78 is 33.2. The molecule has 2 rings (SSSR count). The highest BCUT2D eigenvalue weighted by molar-refractivity contribution is 7.89. The fourth-order valence-corrected chi connectivity index (χ4v) is 4.92. The fraction of sp³-hybridized carbons (Fsp3) is 0.409. The van der Waals surface area contributed by atoms with Gasteiger partial charge in [-0.25, -0.2) is 8.42 Å². The number of nitrogens with one attached hydrogen (secondary N) is 1. The molecule has 0 aliphatic heterocycles. The summed E-state index contributed by atoms with van der Waals surface area (Å²) in [7, 11) is 3.05. The third kappa shape index (κ3) is 7.38. The summed E-state index contributed by atoms with van der Waals surface area (Å²) in [6.07, 6.45) is 0.462. The van der Waals surface area contributed by atoms with Gasteiger partial charge in [-0.2, -0.15) is 4.31 Å². The minimum absolute atomic E-state index is 0.00346. The lowest BCUT2D eigenvalue weighted by Crippen LogP contribution is -2.55. The lowest BCUT2D eigenvalue weighted by Gasteiger charge is -2.32. The van der Waals surface area contributed by atoms with Crippen LogP contribution in [0.2, 0.25) is 0 Å². The third-order valence-electron chi connectivity index (χ3n) is 4.83. The van der Waals surface area contributed by atoms with Gasteiger partial charge in [-0.05, 0) is 42.2 Å². The number of rotatable bonds is 11. The molecule has 0 aromatic heterocycles. The van der Waals surface area contributed by atoms with E-state index in [2.05, 4.69) is 5.32 Å². The van der Waals surface area contributed by atoms with Gasteiger partial charge in [0.1, 0.15) is 5.75 Å². The standard InChI is InChI=1S/C22H30BN3O4S/c1-16(2)14-26(31(28,29)19-11-9-18(30-3)10-12-19)15-21(25-22(23)27)20(24)13-17-7-5-4-6-8-17/h4-12,16,20-21H,13-15,24H2,1-3H3,(H,25,27)/t20-,21+/m0/s1. The van der Waals surface area contributed by atoms with E-state index in [1.807, 2.05) is 44.2 Å². The van der Waals surface area contributed by atoms with E-state index < -0.39 is 27.9 Å². The predicted molar refractivity (Wildman–Crippen MR) is 123 cm³/mol. The summed E-state index contributed by atoms with van der Waals surface area (Å²) in [5.41, 5.74) is 7.37. The second kappa shape index (κ2) is 11.3. The number of nitrogens with two attached hydrogens (primary N) is 1. The number of amides is 1. The van der Waals surface area contributed by atoms with Crippen LogP contribution in [0, 0.1) is 5.92 Å². The van der Waals surface area contributed by atoms with E-state index in [1.165, 1.54) is 23.5 Å². The average molecular weight is 443 g/mol. The van der Waals surface area contributed by atoms with E-state index in [0.29, 0.717) is 12.2 Å². The van der Waals surface area contributed by atoms with Crippen molar-refractivity contribution in [1.82, 2.24) is 9.62 Å². The highest BCUT2D eigenvalue weighted by atomic mass is 32.2. The molecule has 2 aromatic rings. The maximum Gasteiger partial charge on any atom is 0.243 e. The van der Waals surface area contributed by atoms with Gasteiger partial charge in [-0.3, -0.25) is 4.79 Å². The van der Waals surface area contributed by atoms with Gasteiger partial charge in [0, 0.05) is 19.1 Å². The zero-order valence-electron chi connectivity index (χ0n) is 18.2. The molecule has 0 aliphatic carbocycles. The Bertz CT molecular complexity index is 937. The third-order valence-corrected chi connectivity index (χ3v) is 6.67. The summed E-state index contributed by atoms with van der Waals surface area (Å²) >= 11 is 0. The minimum atomic E-state index is -3.83. The molecule has 0 saturated heterocycles. The first-order chi connectivity index (χ1) is 14.6. The summed E-state index contributed by atoms with van der Waals surface area (Å²) in [4.78, 5) is 11.8. The lowest BCUT2D eigenvalue weighted by atomic mass is 9.98. The van der Waals surface area contributed by atoms with Crippen LogP contribution in [0.1, 0.15) is 19.4 Å². The molecule has 9 heteroatoms. The molecule has 0 saturated carbocycles. The van der Waals surface area contributed by atoms with Crippen molar-refractivity contribution in [3.05, 3.63) is 60.2 Å². The number of carbonyl (C=O) groups is 1. The monoisotopic (exact) mass is 443 g/mol. The number of benzene rings is 2. The summed E-state index contributed by atoms with van der Waals surface area (Å²) in [6.45, 7) is 4.13. The SMILES string of the molecule is [B]C(=O)N[C@H](CN(CC(C)C)S(=O)(=O)c1ccc(OC)cc1)[C@@H](N)Cc1ccccc1. The van der Waals surface area contributed by atoms with E-state index in [9.17, 15) is 13.2 Å². The van der Waals surface area contributed by atoms with Crippen molar-refractivity contribution in [3.8, 4) is 5.75 Å². The first-order valence-corrected chi connectivity index (χ1v) is 11.6. The quantitative estimate of drug-likeness (QED) is 0.519. The fourth-order valence-electron chi connectivity index (χ4n) is 3.29. The number of sulfonamides is 1. The first-order valence-electron chi connectivity index (χ1n) is 10.1. The Kier molecular flexibility index (Phi) is 9.09. The second-order valence-electron chi connectivity index (χ2n) is 7.86. The molecule has 2 radical (unpaired) electrons. The maximum absolute atomic E-state index is 13.4. The van der Waals surface area contributed by atoms with Gasteiger partial charge >= 0.3 is 0 Å². The van der Waals surface area contributed by atoms with Crippen LogP contribution in [-0.2, 0) is 16.4 Å². The molecule has 0 fully saturated rings. The largest absolute Gasteiger partial charge is 0.497 e. The molecule has 1 amide bonds. The molecule has 0 spiro atoms. The van der Waals surface area contributed by atoms with Crippen LogP contribution >= 0.6 is 0 Å². The van der Waals surface area contributed by atoms with Crippen LogP contribution in [0.25, 0.3) is 0 Å². The number of hydrogen-bond acceptors (Lipinski definition) is 5. The molecule has 2 atom stereocenters. The maximum atomic E-state index is 13.4. The lowest BCUT2D eigenvalue weighted by molar-refractivity contribution is 0.247. The number of hydrogen-bond donors (Lipinski definition) is 2. The molecule has 7 nitrogen and oxygen atoms in total. The Labute approximate surface area is 186 Å². The molecule has 0 bridgehead atoms. The highest BCUT2D eigenvalue weighted by Crippen LogP contribution is 2.21. The molecule has 166 valence electrons. The van der Waals surface area contributed by atoms with Crippen molar-refractivity contribution >= 4 is 23.7 Å². The highest BCUT2D eigenvalue weighted by Gasteiger charge is 2.30. The minimum Gasteiger partial charge on any atom is -0.497 e. The Morgan fingerprint density at radius 2 is 1.71 bits per heavy atom. The van der Waals surface area contributed by atoms with Gasteiger partial charge in [0.25, 0.3) is 0 Å². The average Bonchev–Trinajstić information content (AvgIpc) is 2.72. The van der Waals surface area contributed by atoms with E-state index in [4.69, 9.17) is 18.3 Å². The first kappa shape index (κ1) is 24.9. The molecular formula is C22H30BN3O4S. The second-order valence-corrected chi connectivity index (χ2v) is 9.80. The van der Waals surface area contributed by atoms with Crippen LogP contribution in [0.5, 0.6) is 5.75 Å². The summed E-state index contributed by atoms with van der Waals surface area (Å²) in [5, 5.41) is 2.63. The van der Waals surface area contributed by atoms with Gasteiger partial charge in [0.05, 0.1) is 18.0 Å². The van der Waals surface area contributed by atoms with E-state index in [1.54, 1.807) is 12.1 Å². The molecule has 2 aromatic carbocycles. The van der Waals surface area contributed by atoms with E-state index >= 15 is 0 Å².